The Morgan fingerprint density at radius 1 is 1.24 bits per heavy atom. The van der Waals surface area contributed by atoms with E-state index in [0.717, 1.165) is 25.7 Å². The highest BCUT2D eigenvalue weighted by Gasteiger charge is 2.15. The molecule has 2 N–H and O–H groups in total. The summed E-state index contributed by atoms with van der Waals surface area (Å²) in [6.45, 7) is 4.68. The van der Waals surface area contributed by atoms with E-state index >= 15 is 0 Å². The zero-order valence-corrected chi connectivity index (χ0v) is 12.6. The van der Waals surface area contributed by atoms with Crippen LogP contribution in [0.2, 0.25) is 0 Å². The number of carbonyl (C=O) groups excluding carboxylic acids is 2. The molecule has 0 bridgehead atoms. The molecule has 0 saturated carbocycles. The number of amides is 2. The zero-order chi connectivity index (χ0) is 15.7. The van der Waals surface area contributed by atoms with Crippen LogP contribution in [0.1, 0.15) is 39.5 Å². The SMILES string of the molecule is CCCC[C@@H](CC)CNC(=O)C(=O)Nc1cccc(F)c1. The molecule has 0 aliphatic carbocycles. The minimum atomic E-state index is -0.772. The van der Waals surface area contributed by atoms with Crippen molar-refractivity contribution in [3.8, 4) is 0 Å². The number of rotatable bonds is 7. The molecule has 0 aliphatic rings. The molecule has 2 amide bonds. The van der Waals surface area contributed by atoms with Crippen molar-refractivity contribution in [2.45, 2.75) is 39.5 Å². The second kappa shape index (κ2) is 9.10. The van der Waals surface area contributed by atoms with E-state index in [-0.39, 0.29) is 5.69 Å². The minimum Gasteiger partial charge on any atom is -0.348 e. The van der Waals surface area contributed by atoms with Gasteiger partial charge in [-0.3, -0.25) is 9.59 Å². The summed E-state index contributed by atoms with van der Waals surface area (Å²) in [6.07, 6.45) is 4.24. The number of hydrogen-bond donors (Lipinski definition) is 2. The average Bonchev–Trinajstić information content (AvgIpc) is 2.47. The van der Waals surface area contributed by atoms with Gasteiger partial charge in [0.1, 0.15) is 5.82 Å². The van der Waals surface area contributed by atoms with Crippen molar-refractivity contribution in [3.63, 3.8) is 0 Å². The lowest BCUT2D eigenvalue weighted by molar-refractivity contribution is -0.136. The average molecular weight is 294 g/mol. The van der Waals surface area contributed by atoms with Crippen molar-refractivity contribution < 1.29 is 14.0 Å². The molecule has 116 valence electrons. The fourth-order valence-electron chi connectivity index (χ4n) is 2.01. The van der Waals surface area contributed by atoms with Gasteiger partial charge in [-0.05, 0) is 30.5 Å². The second-order valence-electron chi connectivity index (χ2n) is 5.09. The fraction of sp³-hybridized carbons (Fsp3) is 0.500. The Labute approximate surface area is 125 Å². The lowest BCUT2D eigenvalue weighted by Crippen LogP contribution is -2.38. The summed E-state index contributed by atoms with van der Waals surface area (Å²) >= 11 is 0. The van der Waals surface area contributed by atoms with Crippen molar-refractivity contribution in [2.75, 3.05) is 11.9 Å². The van der Waals surface area contributed by atoms with Crippen LogP contribution in [0.5, 0.6) is 0 Å². The van der Waals surface area contributed by atoms with Crippen LogP contribution < -0.4 is 10.6 Å². The van der Waals surface area contributed by atoms with E-state index in [1.807, 2.05) is 0 Å². The normalized spacial score (nSPS) is 11.8. The summed E-state index contributed by atoms with van der Waals surface area (Å²) in [7, 11) is 0. The van der Waals surface area contributed by atoms with Gasteiger partial charge in [-0.25, -0.2) is 4.39 Å². The quantitative estimate of drug-likeness (QED) is 0.759. The summed E-state index contributed by atoms with van der Waals surface area (Å²) in [4.78, 5) is 23.4. The van der Waals surface area contributed by atoms with Gasteiger partial charge in [0.25, 0.3) is 0 Å². The maximum absolute atomic E-state index is 13.0. The van der Waals surface area contributed by atoms with Crippen molar-refractivity contribution in [1.29, 1.82) is 0 Å². The first kappa shape index (κ1) is 17.1. The topological polar surface area (TPSA) is 58.2 Å². The predicted molar refractivity (Wildman–Crippen MR) is 81.3 cm³/mol. The van der Waals surface area contributed by atoms with Crippen molar-refractivity contribution >= 4 is 17.5 Å². The Hall–Kier alpha value is -1.91. The first-order chi connectivity index (χ1) is 10.1. The third kappa shape index (κ3) is 6.38. The number of halogens is 1. The van der Waals surface area contributed by atoms with Crippen LogP contribution in [0.3, 0.4) is 0 Å². The molecule has 1 atom stereocenters. The van der Waals surface area contributed by atoms with Gasteiger partial charge in [-0.2, -0.15) is 0 Å². The maximum Gasteiger partial charge on any atom is 0.313 e. The molecule has 1 rings (SSSR count). The highest BCUT2D eigenvalue weighted by atomic mass is 19.1. The monoisotopic (exact) mass is 294 g/mol. The van der Waals surface area contributed by atoms with Crippen LogP contribution in [-0.4, -0.2) is 18.4 Å². The van der Waals surface area contributed by atoms with Gasteiger partial charge in [-0.15, -0.1) is 0 Å². The second-order valence-corrected chi connectivity index (χ2v) is 5.09. The van der Waals surface area contributed by atoms with E-state index < -0.39 is 17.6 Å². The lowest BCUT2D eigenvalue weighted by atomic mass is 9.99. The molecule has 1 aromatic carbocycles. The molecule has 0 spiro atoms. The molecular formula is C16H23FN2O2. The van der Waals surface area contributed by atoms with Crippen LogP contribution in [0.15, 0.2) is 24.3 Å². The summed E-state index contributed by atoms with van der Waals surface area (Å²) < 4.78 is 13.0. The van der Waals surface area contributed by atoms with Gasteiger partial charge >= 0.3 is 11.8 Å². The number of anilines is 1. The van der Waals surface area contributed by atoms with Crippen molar-refractivity contribution in [3.05, 3.63) is 30.1 Å². The predicted octanol–water partition coefficient (Wildman–Crippen LogP) is 3.10. The molecule has 0 aromatic heterocycles. The molecule has 4 nitrogen and oxygen atoms in total. The van der Waals surface area contributed by atoms with Crippen molar-refractivity contribution in [1.82, 2.24) is 5.32 Å². The number of benzene rings is 1. The Morgan fingerprint density at radius 3 is 2.62 bits per heavy atom. The molecule has 0 fully saturated rings. The van der Waals surface area contributed by atoms with Gasteiger partial charge < -0.3 is 10.6 Å². The van der Waals surface area contributed by atoms with Gasteiger partial charge in [-0.1, -0.05) is 39.2 Å². The molecule has 0 radical (unpaired) electrons. The zero-order valence-electron chi connectivity index (χ0n) is 12.6. The number of carbonyl (C=O) groups is 2. The lowest BCUT2D eigenvalue weighted by Gasteiger charge is -2.15. The van der Waals surface area contributed by atoms with E-state index in [1.165, 1.54) is 24.3 Å². The van der Waals surface area contributed by atoms with E-state index in [2.05, 4.69) is 24.5 Å². The van der Waals surface area contributed by atoms with Crippen LogP contribution >= 0.6 is 0 Å². The molecular weight excluding hydrogens is 271 g/mol. The number of hydrogen-bond acceptors (Lipinski definition) is 2. The van der Waals surface area contributed by atoms with Gasteiger partial charge in [0.15, 0.2) is 0 Å². The molecule has 0 heterocycles. The Kier molecular flexibility index (Phi) is 7.43. The highest BCUT2D eigenvalue weighted by Crippen LogP contribution is 2.11. The minimum absolute atomic E-state index is 0.271. The largest absolute Gasteiger partial charge is 0.348 e. The highest BCUT2D eigenvalue weighted by molar-refractivity contribution is 6.39. The fourth-order valence-corrected chi connectivity index (χ4v) is 2.01. The van der Waals surface area contributed by atoms with Crippen LogP contribution in [0, 0.1) is 11.7 Å². The summed E-state index contributed by atoms with van der Waals surface area (Å²) in [6, 6.07) is 5.45. The van der Waals surface area contributed by atoms with Crippen molar-refractivity contribution in [2.24, 2.45) is 5.92 Å². The van der Waals surface area contributed by atoms with E-state index in [0.29, 0.717) is 12.5 Å². The molecule has 0 saturated heterocycles. The first-order valence-electron chi connectivity index (χ1n) is 7.41. The Bertz CT molecular complexity index is 477. The molecule has 0 unspecified atom stereocenters. The third-order valence-corrected chi connectivity index (χ3v) is 3.38. The van der Waals surface area contributed by atoms with Gasteiger partial charge in [0, 0.05) is 12.2 Å². The number of unbranched alkanes of at least 4 members (excludes halogenated alkanes) is 1. The van der Waals surface area contributed by atoms with Crippen LogP contribution in [0.25, 0.3) is 0 Å². The van der Waals surface area contributed by atoms with Gasteiger partial charge in [0.05, 0.1) is 0 Å². The maximum atomic E-state index is 13.0. The van der Waals surface area contributed by atoms with E-state index in [4.69, 9.17) is 0 Å². The van der Waals surface area contributed by atoms with Gasteiger partial charge in [0.2, 0.25) is 0 Å². The van der Waals surface area contributed by atoms with E-state index in [9.17, 15) is 14.0 Å². The smallest absolute Gasteiger partial charge is 0.313 e. The van der Waals surface area contributed by atoms with Crippen LogP contribution in [0.4, 0.5) is 10.1 Å². The summed E-state index contributed by atoms with van der Waals surface area (Å²) in [5.41, 5.74) is 0.271. The molecule has 0 aliphatic heterocycles. The van der Waals surface area contributed by atoms with Crippen LogP contribution in [-0.2, 0) is 9.59 Å². The molecule has 21 heavy (non-hydrogen) atoms. The Morgan fingerprint density at radius 2 is 2.00 bits per heavy atom. The molecule has 5 heteroatoms. The third-order valence-electron chi connectivity index (χ3n) is 3.38. The Balaban J connectivity index is 2.42. The van der Waals surface area contributed by atoms with E-state index in [1.54, 1.807) is 0 Å². The first-order valence-corrected chi connectivity index (χ1v) is 7.41. The summed E-state index contributed by atoms with van der Waals surface area (Å²) in [5, 5.41) is 5.01. The standard InChI is InChI=1S/C16H23FN2O2/c1-3-5-7-12(4-2)11-18-15(20)16(21)19-14-9-6-8-13(17)10-14/h6,8-10,12H,3-5,7,11H2,1-2H3,(H,18,20)(H,19,21)/t12-/m1/s1. The summed E-state index contributed by atoms with van der Waals surface area (Å²) in [5.74, 6) is -1.53. The number of nitrogens with one attached hydrogen (secondary N) is 2. The molecule has 1 aromatic rings.